The van der Waals surface area contributed by atoms with Gasteiger partial charge in [-0.05, 0) is 35.9 Å². The minimum Gasteiger partial charge on any atom is -0.454 e. The van der Waals surface area contributed by atoms with Crippen LogP contribution in [0.4, 0.5) is 14.9 Å². The molecule has 0 bridgehead atoms. The molecule has 0 spiro atoms. The number of hydrogen-bond acceptors (Lipinski definition) is 4. The second kappa shape index (κ2) is 6.65. The second-order valence-corrected chi connectivity index (χ2v) is 7.18. The number of amides is 2. The number of nitrogens with zero attached hydrogens (tertiary/aromatic N) is 1. The maximum atomic E-state index is 13.2. The van der Waals surface area contributed by atoms with Gasteiger partial charge in [-0.1, -0.05) is 17.7 Å². The Labute approximate surface area is 153 Å². The van der Waals surface area contributed by atoms with Crippen LogP contribution in [-0.2, 0) is 0 Å². The van der Waals surface area contributed by atoms with Crippen molar-refractivity contribution in [3.05, 3.63) is 52.8 Å². The number of halogens is 2. The first-order valence-electron chi connectivity index (χ1n) is 7.65. The molecule has 0 radical (unpaired) electrons. The van der Waals surface area contributed by atoms with Gasteiger partial charge in [0.15, 0.2) is 11.5 Å². The van der Waals surface area contributed by atoms with Gasteiger partial charge in [0.1, 0.15) is 11.2 Å². The molecule has 2 aliphatic rings. The van der Waals surface area contributed by atoms with Crippen molar-refractivity contribution in [2.75, 3.05) is 24.4 Å². The maximum Gasteiger partial charge on any atom is 0.323 e. The third kappa shape index (κ3) is 3.21. The summed E-state index contributed by atoms with van der Waals surface area (Å²) in [6.07, 6.45) is 0. The number of urea groups is 1. The Kier molecular flexibility index (Phi) is 4.35. The fraction of sp³-hybridized carbons (Fsp3) is 0.235. The number of carbonyl (C=O) groups excluding carboxylic acids is 1. The highest BCUT2D eigenvalue weighted by Crippen LogP contribution is 2.42. The monoisotopic (exact) mass is 380 g/mol. The molecule has 1 unspecified atom stereocenters. The van der Waals surface area contributed by atoms with E-state index >= 15 is 0 Å². The van der Waals surface area contributed by atoms with Crippen LogP contribution < -0.4 is 14.8 Å². The molecule has 0 saturated carbocycles. The first-order valence-corrected chi connectivity index (χ1v) is 9.08. The molecular formula is C17H14ClFN2O3S. The van der Waals surface area contributed by atoms with Crippen LogP contribution >= 0.6 is 23.4 Å². The lowest BCUT2D eigenvalue weighted by Crippen LogP contribution is -2.34. The lowest BCUT2D eigenvalue weighted by atomic mass is 10.2. The molecule has 2 heterocycles. The predicted molar refractivity (Wildman–Crippen MR) is 94.9 cm³/mol. The van der Waals surface area contributed by atoms with E-state index in [1.54, 1.807) is 16.7 Å². The zero-order valence-corrected chi connectivity index (χ0v) is 14.6. The van der Waals surface area contributed by atoms with E-state index in [0.29, 0.717) is 23.7 Å². The van der Waals surface area contributed by atoms with Gasteiger partial charge in [-0.25, -0.2) is 9.18 Å². The molecule has 2 aromatic carbocycles. The Bertz CT molecular complexity index is 836. The first-order chi connectivity index (χ1) is 12.1. The zero-order chi connectivity index (χ0) is 17.4. The summed E-state index contributed by atoms with van der Waals surface area (Å²) in [6.45, 7) is 0.830. The highest BCUT2D eigenvalue weighted by atomic mass is 35.5. The van der Waals surface area contributed by atoms with Crippen molar-refractivity contribution in [2.45, 2.75) is 5.37 Å². The number of ether oxygens (including phenoxy) is 2. The molecule has 130 valence electrons. The lowest BCUT2D eigenvalue weighted by molar-refractivity contribution is 0.174. The molecule has 5 nitrogen and oxygen atoms in total. The normalized spacial score (nSPS) is 18.5. The SMILES string of the molecule is O=C(Nc1ccc(F)c(Cl)c1)N1CCSC1c1ccc2c(c1)OCO2. The molecule has 1 N–H and O–H groups in total. The van der Waals surface area contributed by atoms with E-state index < -0.39 is 5.82 Å². The summed E-state index contributed by atoms with van der Waals surface area (Å²) in [4.78, 5) is 14.4. The fourth-order valence-electron chi connectivity index (χ4n) is 2.79. The van der Waals surface area contributed by atoms with Crippen LogP contribution in [-0.4, -0.2) is 30.0 Å². The fourth-order valence-corrected chi connectivity index (χ4v) is 4.22. The van der Waals surface area contributed by atoms with Gasteiger partial charge in [0.05, 0.1) is 5.02 Å². The van der Waals surface area contributed by atoms with Crippen LogP contribution in [0.25, 0.3) is 0 Å². The summed E-state index contributed by atoms with van der Waals surface area (Å²) in [5, 5.41) is 2.62. The van der Waals surface area contributed by atoms with Crippen LogP contribution in [0, 0.1) is 5.82 Å². The molecule has 4 rings (SSSR count). The highest BCUT2D eigenvalue weighted by Gasteiger charge is 2.32. The van der Waals surface area contributed by atoms with E-state index in [9.17, 15) is 9.18 Å². The highest BCUT2D eigenvalue weighted by molar-refractivity contribution is 7.99. The number of benzene rings is 2. The van der Waals surface area contributed by atoms with Crippen LogP contribution in [0.1, 0.15) is 10.9 Å². The van der Waals surface area contributed by atoms with Crippen molar-refractivity contribution < 1.29 is 18.7 Å². The third-order valence-corrected chi connectivity index (χ3v) is 5.55. The second-order valence-electron chi connectivity index (χ2n) is 5.59. The first kappa shape index (κ1) is 16.4. The van der Waals surface area contributed by atoms with Crippen LogP contribution in [0.2, 0.25) is 5.02 Å². The summed E-state index contributed by atoms with van der Waals surface area (Å²) < 4.78 is 24.0. The Morgan fingerprint density at radius 1 is 1.24 bits per heavy atom. The Morgan fingerprint density at radius 3 is 2.92 bits per heavy atom. The van der Waals surface area contributed by atoms with Crippen molar-refractivity contribution in [3.63, 3.8) is 0 Å². The molecule has 8 heteroatoms. The number of nitrogens with one attached hydrogen (secondary N) is 1. The molecule has 2 aliphatic heterocycles. The van der Waals surface area contributed by atoms with Gasteiger partial charge in [0.2, 0.25) is 6.79 Å². The third-order valence-electron chi connectivity index (χ3n) is 4.00. The Hall–Kier alpha value is -2.12. The van der Waals surface area contributed by atoms with Crippen molar-refractivity contribution in [1.82, 2.24) is 4.90 Å². The molecule has 1 atom stereocenters. The van der Waals surface area contributed by atoms with Crippen LogP contribution in [0.15, 0.2) is 36.4 Å². The quantitative estimate of drug-likeness (QED) is 0.834. The largest absolute Gasteiger partial charge is 0.454 e. The summed E-state index contributed by atoms with van der Waals surface area (Å²) in [5.41, 5.74) is 1.43. The summed E-state index contributed by atoms with van der Waals surface area (Å²) in [6, 6.07) is 9.55. The summed E-state index contributed by atoms with van der Waals surface area (Å²) in [7, 11) is 0. The van der Waals surface area contributed by atoms with Gasteiger partial charge in [-0.2, -0.15) is 0 Å². The Balaban J connectivity index is 1.52. The van der Waals surface area contributed by atoms with E-state index in [4.69, 9.17) is 21.1 Å². The summed E-state index contributed by atoms with van der Waals surface area (Å²) >= 11 is 7.44. The van der Waals surface area contributed by atoms with E-state index in [0.717, 1.165) is 11.3 Å². The van der Waals surface area contributed by atoms with E-state index in [1.807, 2.05) is 18.2 Å². The maximum absolute atomic E-state index is 13.2. The molecule has 1 saturated heterocycles. The number of anilines is 1. The predicted octanol–water partition coefficient (Wildman–Crippen LogP) is 4.49. The zero-order valence-electron chi connectivity index (χ0n) is 13.0. The van der Waals surface area contributed by atoms with Crippen molar-refractivity contribution in [1.29, 1.82) is 0 Å². The standard InChI is InChI=1S/C17H14ClFN2O3S/c18-12-8-11(2-3-13(12)19)20-17(22)21-5-6-25-16(21)10-1-4-14-15(7-10)24-9-23-14/h1-4,7-8,16H,5-6,9H2,(H,20,22). The molecular weight excluding hydrogens is 367 g/mol. The molecule has 25 heavy (non-hydrogen) atoms. The molecule has 2 amide bonds. The van der Waals surface area contributed by atoms with E-state index in [1.165, 1.54) is 18.2 Å². The average Bonchev–Trinajstić information content (AvgIpc) is 3.26. The van der Waals surface area contributed by atoms with Gasteiger partial charge < -0.3 is 19.7 Å². The van der Waals surface area contributed by atoms with Crippen LogP contribution in [0.5, 0.6) is 11.5 Å². The smallest absolute Gasteiger partial charge is 0.323 e. The average molecular weight is 381 g/mol. The number of fused-ring (bicyclic) bond motifs is 1. The number of carbonyl (C=O) groups is 1. The molecule has 0 aliphatic carbocycles. The minimum absolute atomic E-state index is 0.0269. The van der Waals surface area contributed by atoms with E-state index in [2.05, 4.69) is 5.32 Å². The molecule has 0 aromatic heterocycles. The van der Waals surface area contributed by atoms with Gasteiger partial charge >= 0.3 is 6.03 Å². The van der Waals surface area contributed by atoms with Crippen molar-refractivity contribution in [2.24, 2.45) is 0 Å². The van der Waals surface area contributed by atoms with Crippen molar-refractivity contribution in [3.8, 4) is 11.5 Å². The summed E-state index contributed by atoms with van der Waals surface area (Å²) in [5.74, 6) is 1.71. The van der Waals surface area contributed by atoms with Gasteiger partial charge in [-0.3, -0.25) is 0 Å². The number of thioether (sulfide) groups is 1. The van der Waals surface area contributed by atoms with Gasteiger partial charge in [0.25, 0.3) is 0 Å². The minimum atomic E-state index is -0.519. The molecule has 1 fully saturated rings. The topological polar surface area (TPSA) is 50.8 Å². The number of hydrogen-bond donors (Lipinski definition) is 1. The van der Waals surface area contributed by atoms with Crippen molar-refractivity contribution >= 4 is 35.1 Å². The Morgan fingerprint density at radius 2 is 2.08 bits per heavy atom. The lowest BCUT2D eigenvalue weighted by Gasteiger charge is -2.24. The van der Waals surface area contributed by atoms with Crippen LogP contribution in [0.3, 0.4) is 0 Å². The van der Waals surface area contributed by atoms with E-state index in [-0.39, 0.29) is 23.2 Å². The molecule has 2 aromatic rings. The number of rotatable bonds is 2. The van der Waals surface area contributed by atoms with Gasteiger partial charge in [0, 0.05) is 18.0 Å². The van der Waals surface area contributed by atoms with Gasteiger partial charge in [-0.15, -0.1) is 11.8 Å².